The zero-order valence-electron chi connectivity index (χ0n) is 8.33. The summed E-state index contributed by atoms with van der Waals surface area (Å²) in [6, 6.07) is 9.64. The van der Waals surface area contributed by atoms with Crippen molar-refractivity contribution in [1.29, 1.82) is 5.26 Å². The van der Waals surface area contributed by atoms with Gasteiger partial charge in [-0.05, 0) is 24.1 Å². The molecule has 0 aromatic heterocycles. The quantitative estimate of drug-likeness (QED) is 0.787. The molecule has 1 rings (SSSR count). The van der Waals surface area contributed by atoms with Gasteiger partial charge < -0.3 is 5.73 Å². The van der Waals surface area contributed by atoms with Crippen molar-refractivity contribution < 1.29 is 0 Å². The van der Waals surface area contributed by atoms with E-state index in [9.17, 15) is 0 Å². The Bertz CT molecular complexity index is 366. The van der Waals surface area contributed by atoms with Crippen molar-refractivity contribution in [1.82, 2.24) is 0 Å². The molecular weight excluding hydrogens is 172 g/mol. The van der Waals surface area contributed by atoms with Gasteiger partial charge in [0.2, 0.25) is 0 Å². The van der Waals surface area contributed by atoms with Gasteiger partial charge in [0.1, 0.15) is 0 Å². The van der Waals surface area contributed by atoms with Crippen molar-refractivity contribution in [2.75, 3.05) is 6.54 Å². The first-order valence-corrected chi connectivity index (χ1v) is 4.69. The third-order valence-corrected chi connectivity index (χ3v) is 2.10. The van der Waals surface area contributed by atoms with Gasteiger partial charge in [-0.25, -0.2) is 0 Å². The number of nitrogens with two attached hydrogens (primary N) is 1. The van der Waals surface area contributed by atoms with Crippen molar-refractivity contribution in [3.63, 3.8) is 0 Å². The minimum Gasteiger partial charge on any atom is -0.327 e. The van der Waals surface area contributed by atoms with Gasteiger partial charge in [0.05, 0.1) is 11.6 Å². The van der Waals surface area contributed by atoms with Crippen LogP contribution < -0.4 is 5.73 Å². The molecule has 0 saturated carbocycles. The Labute approximate surface area is 84.7 Å². The summed E-state index contributed by atoms with van der Waals surface area (Å²) in [6.45, 7) is 2.65. The number of hydrogen-bond acceptors (Lipinski definition) is 2. The van der Waals surface area contributed by atoms with Crippen molar-refractivity contribution >= 4 is 6.08 Å². The Balaban J connectivity index is 2.97. The van der Waals surface area contributed by atoms with Crippen LogP contribution in [0.2, 0.25) is 0 Å². The molecule has 2 N–H and O–H groups in total. The molecule has 0 spiro atoms. The molecule has 0 amide bonds. The second-order valence-corrected chi connectivity index (χ2v) is 3.10. The minimum absolute atomic E-state index is 0.577. The van der Waals surface area contributed by atoms with Crippen molar-refractivity contribution in [2.45, 2.75) is 13.3 Å². The van der Waals surface area contributed by atoms with Gasteiger partial charge in [0, 0.05) is 6.54 Å². The summed E-state index contributed by atoms with van der Waals surface area (Å²) in [5, 5.41) is 8.72. The van der Waals surface area contributed by atoms with Gasteiger partial charge in [0.25, 0.3) is 0 Å². The Hall–Kier alpha value is -1.59. The molecule has 0 atom stereocenters. The van der Waals surface area contributed by atoms with Crippen LogP contribution >= 0.6 is 0 Å². The highest BCUT2D eigenvalue weighted by molar-refractivity contribution is 5.55. The molecule has 0 fully saturated rings. The van der Waals surface area contributed by atoms with Crippen LogP contribution in [-0.2, 0) is 0 Å². The van der Waals surface area contributed by atoms with Gasteiger partial charge in [0.15, 0.2) is 0 Å². The fraction of sp³-hybridized carbons (Fsp3) is 0.250. The summed E-state index contributed by atoms with van der Waals surface area (Å²) in [7, 11) is 0. The molecule has 0 bridgehead atoms. The van der Waals surface area contributed by atoms with Gasteiger partial charge in [-0.1, -0.05) is 30.7 Å². The molecule has 2 heteroatoms. The van der Waals surface area contributed by atoms with E-state index in [0.29, 0.717) is 12.1 Å². The first kappa shape index (κ1) is 10.5. The molecule has 0 radical (unpaired) electrons. The SMILES string of the molecule is CCC(=Cc1cccc(C#N)c1)CN. The maximum absolute atomic E-state index is 8.72. The summed E-state index contributed by atoms with van der Waals surface area (Å²) in [5.74, 6) is 0. The van der Waals surface area contributed by atoms with E-state index in [1.54, 1.807) is 6.07 Å². The molecule has 0 aliphatic rings. The maximum atomic E-state index is 8.72. The molecule has 0 heterocycles. The minimum atomic E-state index is 0.577. The molecule has 14 heavy (non-hydrogen) atoms. The number of benzene rings is 1. The van der Waals surface area contributed by atoms with E-state index >= 15 is 0 Å². The van der Waals surface area contributed by atoms with E-state index in [4.69, 9.17) is 11.0 Å². The first-order chi connectivity index (χ1) is 6.80. The second-order valence-electron chi connectivity index (χ2n) is 3.10. The lowest BCUT2D eigenvalue weighted by molar-refractivity contribution is 1.02. The third kappa shape index (κ3) is 2.72. The van der Waals surface area contributed by atoms with Crippen LogP contribution in [-0.4, -0.2) is 6.54 Å². The molecule has 0 aliphatic carbocycles. The van der Waals surface area contributed by atoms with E-state index in [-0.39, 0.29) is 0 Å². The van der Waals surface area contributed by atoms with Gasteiger partial charge in [-0.3, -0.25) is 0 Å². The van der Waals surface area contributed by atoms with E-state index in [1.165, 1.54) is 5.57 Å². The predicted molar refractivity (Wildman–Crippen MR) is 58.5 cm³/mol. The molecule has 72 valence electrons. The molecule has 0 aliphatic heterocycles. The molecular formula is C12H14N2. The van der Waals surface area contributed by atoms with Crippen molar-refractivity contribution in [3.8, 4) is 6.07 Å². The summed E-state index contributed by atoms with van der Waals surface area (Å²) in [4.78, 5) is 0. The average Bonchev–Trinajstić information content (AvgIpc) is 2.26. The standard InChI is InChI=1S/C12H14N2/c1-2-10(8-13)6-11-4-3-5-12(7-11)9-14/h3-7H,2,8,13H2,1H3. The molecule has 0 saturated heterocycles. The summed E-state index contributed by atoms with van der Waals surface area (Å²) >= 11 is 0. The van der Waals surface area contributed by atoms with Crippen LogP contribution in [0, 0.1) is 11.3 Å². The lowest BCUT2D eigenvalue weighted by Gasteiger charge is -2.00. The normalized spacial score (nSPS) is 11.1. The Morgan fingerprint density at radius 1 is 1.57 bits per heavy atom. The maximum Gasteiger partial charge on any atom is 0.0991 e. The van der Waals surface area contributed by atoms with Crippen LogP contribution in [0.5, 0.6) is 0 Å². The number of nitriles is 1. The van der Waals surface area contributed by atoms with Gasteiger partial charge in [-0.15, -0.1) is 0 Å². The van der Waals surface area contributed by atoms with E-state index in [1.807, 2.05) is 24.3 Å². The summed E-state index contributed by atoms with van der Waals surface area (Å²) < 4.78 is 0. The highest BCUT2D eigenvalue weighted by Crippen LogP contribution is 2.10. The lowest BCUT2D eigenvalue weighted by atomic mass is 10.1. The largest absolute Gasteiger partial charge is 0.327 e. The molecule has 2 nitrogen and oxygen atoms in total. The van der Waals surface area contributed by atoms with Crippen molar-refractivity contribution in [2.24, 2.45) is 5.73 Å². The van der Waals surface area contributed by atoms with Crippen LogP contribution in [0.1, 0.15) is 24.5 Å². The highest BCUT2D eigenvalue weighted by atomic mass is 14.5. The topological polar surface area (TPSA) is 49.8 Å². The number of nitrogens with zero attached hydrogens (tertiary/aromatic N) is 1. The Morgan fingerprint density at radius 3 is 2.93 bits per heavy atom. The predicted octanol–water partition coefficient (Wildman–Crippen LogP) is 2.31. The second kappa shape index (κ2) is 5.21. The van der Waals surface area contributed by atoms with Crippen LogP contribution in [0.3, 0.4) is 0 Å². The van der Waals surface area contributed by atoms with Crippen molar-refractivity contribution in [3.05, 3.63) is 41.0 Å². The van der Waals surface area contributed by atoms with Crippen LogP contribution in [0.25, 0.3) is 6.08 Å². The van der Waals surface area contributed by atoms with E-state index in [0.717, 1.165) is 12.0 Å². The fourth-order valence-corrected chi connectivity index (χ4v) is 1.24. The summed E-state index contributed by atoms with van der Waals surface area (Å²) in [6.07, 6.45) is 2.99. The monoisotopic (exact) mass is 186 g/mol. The zero-order valence-corrected chi connectivity index (χ0v) is 8.33. The molecule has 0 unspecified atom stereocenters. The smallest absolute Gasteiger partial charge is 0.0991 e. The lowest BCUT2D eigenvalue weighted by Crippen LogP contribution is -2.01. The average molecular weight is 186 g/mol. The number of rotatable bonds is 3. The fourth-order valence-electron chi connectivity index (χ4n) is 1.24. The highest BCUT2D eigenvalue weighted by Gasteiger charge is 1.94. The van der Waals surface area contributed by atoms with Gasteiger partial charge in [-0.2, -0.15) is 5.26 Å². The summed E-state index contributed by atoms with van der Waals surface area (Å²) in [5.41, 5.74) is 8.50. The van der Waals surface area contributed by atoms with Gasteiger partial charge >= 0.3 is 0 Å². The Kier molecular flexibility index (Phi) is 3.90. The molecule has 1 aromatic carbocycles. The van der Waals surface area contributed by atoms with E-state index < -0.39 is 0 Å². The third-order valence-electron chi connectivity index (χ3n) is 2.10. The first-order valence-electron chi connectivity index (χ1n) is 4.69. The van der Waals surface area contributed by atoms with Crippen LogP contribution in [0.15, 0.2) is 29.8 Å². The Morgan fingerprint density at radius 2 is 2.36 bits per heavy atom. The van der Waals surface area contributed by atoms with E-state index in [2.05, 4.69) is 13.0 Å². The molecule has 1 aromatic rings. The number of hydrogen-bond donors (Lipinski definition) is 1. The zero-order chi connectivity index (χ0) is 10.4. The van der Waals surface area contributed by atoms with Crippen LogP contribution in [0.4, 0.5) is 0 Å².